The van der Waals surface area contributed by atoms with E-state index in [9.17, 15) is 4.39 Å². The fraction of sp³-hybridized carbons (Fsp3) is 0.538. The Morgan fingerprint density at radius 1 is 1.50 bits per heavy atom. The number of rotatable bonds is 4. The number of halogens is 1. The van der Waals surface area contributed by atoms with Gasteiger partial charge in [0.2, 0.25) is 0 Å². The van der Waals surface area contributed by atoms with Crippen LogP contribution in [0.15, 0.2) is 24.3 Å². The normalized spacial score (nSPS) is 20.6. The molecule has 0 spiro atoms. The van der Waals surface area contributed by atoms with Crippen molar-refractivity contribution in [3.63, 3.8) is 0 Å². The zero-order valence-electron chi connectivity index (χ0n) is 9.75. The maximum Gasteiger partial charge on any atom is 0.123 e. The van der Waals surface area contributed by atoms with Gasteiger partial charge in [-0.2, -0.15) is 0 Å². The molecule has 1 aliphatic heterocycles. The molecule has 1 unspecified atom stereocenters. The van der Waals surface area contributed by atoms with E-state index >= 15 is 0 Å². The van der Waals surface area contributed by atoms with Gasteiger partial charge in [-0.15, -0.1) is 0 Å². The van der Waals surface area contributed by atoms with Crippen LogP contribution in [-0.4, -0.2) is 31.1 Å². The van der Waals surface area contributed by atoms with Crippen LogP contribution >= 0.6 is 0 Å². The van der Waals surface area contributed by atoms with Crippen molar-refractivity contribution >= 4 is 0 Å². The summed E-state index contributed by atoms with van der Waals surface area (Å²) in [7, 11) is 2.09. The number of benzene rings is 1. The molecule has 2 rings (SSSR count). The highest BCUT2D eigenvalue weighted by Crippen LogP contribution is 2.10. The average molecular weight is 222 g/mol. The van der Waals surface area contributed by atoms with E-state index in [1.807, 2.05) is 6.07 Å². The minimum absolute atomic E-state index is 0.148. The van der Waals surface area contributed by atoms with Crippen LogP contribution in [0, 0.1) is 5.82 Å². The lowest BCUT2D eigenvalue weighted by atomic mass is 10.2. The van der Waals surface area contributed by atoms with E-state index in [4.69, 9.17) is 0 Å². The van der Waals surface area contributed by atoms with Gasteiger partial charge >= 0.3 is 0 Å². The molecule has 1 saturated heterocycles. The predicted molar refractivity (Wildman–Crippen MR) is 63.8 cm³/mol. The van der Waals surface area contributed by atoms with Crippen molar-refractivity contribution < 1.29 is 4.39 Å². The van der Waals surface area contributed by atoms with E-state index in [-0.39, 0.29) is 5.82 Å². The van der Waals surface area contributed by atoms with E-state index in [1.165, 1.54) is 18.9 Å². The first-order valence-electron chi connectivity index (χ1n) is 5.90. The molecule has 2 nitrogen and oxygen atoms in total. The smallest absolute Gasteiger partial charge is 0.123 e. The Morgan fingerprint density at radius 2 is 2.38 bits per heavy atom. The quantitative estimate of drug-likeness (QED) is 0.838. The summed E-state index contributed by atoms with van der Waals surface area (Å²) in [5, 5.41) is 3.47. The molecule has 1 atom stereocenters. The molecule has 1 N–H and O–H groups in total. The second-order valence-corrected chi connectivity index (χ2v) is 4.62. The highest BCUT2D eigenvalue weighted by molar-refractivity contribution is 5.16. The summed E-state index contributed by atoms with van der Waals surface area (Å²) in [5.41, 5.74) is 1.04. The average Bonchev–Trinajstić information content (AvgIpc) is 2.70. The van der Waals surface area contributed by atoms with Gasteiger partial charge in [0.25, 0.3) is 0 Å². The number of hydrogen-bond donors (Lipinski definition) is 1. The van der Waals surface area contributed by atoms with Crippen molar-refractivity contribution in [1.29, 1.82) is 0 Å². The Kier molecular flexibility index (Phi) is 3.91. The molecule has 1 aliphatic rings. The van der Waals surface area contributed by atoms with Crippen LogP contribution in [0.1, 0.15) is 18.4 Å². The van der Waals surface area contributed by atoms with Gasteiger partial charge in [-0.05, 0) is 44.1 Å². The Balaban J connectivity index is 1.84. The van der Waals surface area contributed by atoms with E-state index in [2.05, 4.69) is 17.3 Å². The third kappa shape index (κ3) is 3.29. The van der Waals surface area contributed by atoms with E-state index < -0.39 is 0 Å². The maximum atomic E-state index is 13.0. The van der Waals surface area contributed by atoms with E-state index in [1.54, 1.807) is 12.1 Å². The standard InChI is InChI=1S/C13H19FN2/c1-16(10-13-6-3-7-15-13)9-11-4-2-5-12(14)8-11/h2,4-5,8,13,15H,3,6-7,9-10H2,1H3. The molecule has 1 fully saturated rings. The fourth-order valence-corrected chi connectivity index (χ4v) is 2.30. The van der Waals surface area contributed by atoms with Crippen molar-refractivity contribution in [2.75, 3.05) is 20.1 Å². The maximum absolute atomic E-state index is 13.0. The topological polar surface area (TPSA) is 15.3 Å². The van der Waals surface area contributed by atoms with Crippen LogP contribution in [0.3, 0.4) is 0 Å². The number of hydrogen-bond acceptors (Lipinski definition) is 2. The van der Waals surface area contributed by atoms with Gasteiger partial charge in [0.05, 0.1) is 0 Å². The fourth-order valence-electron chi connectivity index (χ4n) is 2.30. The summed E-state index contributed by atoms with van der Waals surface area (Å²) < 4.78 is 13.0. The Morgan fingerprint density at radius 3 is 3.06 bits per heavy atom. The molecule has 1 aromatic rings. The molecule has 0 aromatic heterocycles. The van der Waals surface area contributed by atoms with Crippen molar-refractivity contribution in [3.8, 4) is 0 Å². The van der Waals surface area contributed by atoms with Crippen molar-refractivity contribution in [2.24, 2.45) is 0 Å². The Labute approximate surface area is 96.5 Å². The van der Waals surface area contributed by atoms with Crippen LogP contribution in [0.2, 0.25) is 0 Å². The zero-order valence-corrected chi connectivity index (χ0v) is 9.75. The first-order chi connectivity index (χ1) is 7.74. The van der Waals surface area contributed by atoms with Gasteiger partial charge in [-0.1, -0.05) is 12.1 Å². The molecule has 0 saturated carbocycles. The summed E-state index contributed by atoms with van der Waals surface area (Å²) >= 11 is 0. The molecule has 0 radical (unpaired) electrons. The highest BCUT2D eigenvalue weighted by atomic mass is 19.1. The lowest BCUT2D eigenvalue weighted by molar-refractivity contribution is 0.293. The van der Waals surface area contributed by atoms with Crippen LogP contribution in [-0.2, 0) is 6.54 Å². The highest BCUT2D eigenvalue weighted by Gasteiger charge is 2.15. The van der Waals surface area contributed by atoms with Gasteiger partial charge in [-0.3, -0.25) is 0 Å². The monoisotopic (exact) mass is 222 g/mol. The molecule has 16 heavy (non-hydrogen) atoms. The largest absolute Gasteiger partial charge is 0.313 e. The lowest BCUT2D eigenvalue weighted by Gasteiger charge is -2.21. The third-order valence-corrected chi connectivity index (χ3v) is 3.04. The summed E-state index contributed by atoms with van der Waals surface area (Å²) in [6.07, 6.45) is 2.53. The molecule has 0 amide bonds. The van der Waals surface area contributed by atoms with Crippen LogP contribution in [0.25, 0.3) is 0 Å². The van der Waals surface area contributed by atoms with Crippen LogP contribution in [0.4, 0.5) is 4.39 Å². The first-order valence-corrected chi connectivity index (χ1v) is 5.90. The SMILES string of the molecule is CN(Cc1cccc(F)c1)CC1CCCN1. The van der Waals surface area contributed by atoms with Crippen molar-refractivity contribution in [3.05, 3.63) is 35.6 Å². The Bertz CT molecular complexity index is 334. The summed E-state index contributed by atoms with van der Waals surface area (Å²) in [6, 6.07) is 7.45. The minimum atomic E-state index is -0.148. The minimum Gasteiger partial charge on any atom is -0.313 e. The van der Waals surface area contributed by atoms with Gasteiger partial charge in [0.15, 0.2) is 0 Å². The number of likely N-dealkylation sites (N-methyl/N-ethyl adjacent to an activating group) is 1. The second-order valence-electron chi connectivity index (χ2n) is 4.62. The summed E-state index contributed by atoms with van der Waals surface area (Å²) in [5.74, 6) is -0.148. The number of nitrogens with one attached hydrogen (secondary N) is 1. The summed E-state index contributed by atoms with van der Waals surface area (Å²) in [6.45, 7) is 2.99. The molecular weight excluding hydrogens is 203 g/mol. The van der Waals surface area contributed by atoms with Gasteiger partial charge in [0, 0.05) is 19.1 Å². The Hall–Kier alpha value is -0.930. The summed E-state index contributed by atoms with van der Waals surface area (Å²) in [4.78, 5) is 2.25. The van der Waals surface area contributed by atoms with Gasteiger partial charge in [-0.25, -0.2) is 4.39 Å². The number of nitrogens with zero attached hydrogens (tertiary/aromatic N) is 1. The molecule has 1 aromatic carbocycles. The second kappa shape index (κ2) is 5.41. The predicted octanol–water partition coefficient (Wildman–Crippen LogP) is 2.01. The van der Waals surface area contributed by atoms with E-state index in [0.29, 0.717) is 6.04 Å². The molecule has 0 bridgehead atoms. The zero-order chi connectivity index (χ0) is 11.4. The van der Waals surface area contributed by atoms with Crippen molar-refractivity contribution in [2.45, 2.75) is 25.4 Å². The first kappa shape index (κ1) is 11.6. The molecule has 0 aliphatic carbocycles. The van der Waals surface area contributed by atoms with Gasteiger partial charge in [0.1, 0.15) is 5.82 Å². The molecule has 88 valence electrons. The molecule has 3 heteroatoms. The van der Waals surface area contributed by atoms with Crippen LogP contribution < -0.4 is 5.32 Å². The van der Waals surface area contributed by atoms with Crippen LogP contribution in [0.5, 0.6) is 0 Å². The lowest BCUT2D eigenvalue weighted by Crippen LogP contribution is -2.34. The van der Waals surface area contributed by atoms with Gasteiger partial charge < -0.3 is 10.2 Å². The molecule has 1 heterocycles. The van der Waals surface area contributed by atoms with Crippen molar-refractivity contribution in [1.82, 2.24) is 10.2 Å². The van der Waals surface area contributed by atoms with E-state index in [0.717, 1.165) is 25.2 Å². The molecular formula is C13H19FN2. The third-order valence-electron chi connectivity index (χ3n) is 3.04.